The molecule has 1 saturated heterocycles. The molecule has 1 atom stereocenters. The maximum absolute atomic E-state index is 9.15. The molecular formula is C13H18N4. The summed E-state index contributed by atoms with van der Waals surface area (Å²) in [6, 6.07) is 6.27. The second-order valence-electron chi connectivity index (χ2n) is 4.51. The molecule has 0 spiro atoms. The highest BCUT2D eigenvalue weighted by Gasteiger charge is 2.24. The molecule has 2 heterocycles. The fourth-order valence-corrected chi connectivity index (χ4v) is 2.37. The molecule has 1 aliphatic rings. The van der Waals surface area contributed by atoms with Crippen LogP contribution in [0.25, 0.3) is 0 Å². The third-order valence-electron chi connectivity index (χ3n) is 3.31. The molecule has 90 valence electrons. The highest BCUT2D eigenvalue weighted by Crippen LogP contribution is 2.25. The van der Waals surface area contributed by atoms with Gasteiger partial charge >= 0.3 is 0 Å². The Hall–Kier alpha value is -1.60. The van der Waals surface area contributed by atoms with Gasteiger partial charge in [0.05, 0.1) is 5.56 Å². The van der Waals surface area contributed by atoms with Gasteiger partial charge < -0.3 is 10.6 Å². The van der Waals surface area contributed by atoms with Crippen LogP contribution in [0.4, 0.5) is 5.82 Å². The van der Waals surface area contributed by atoms with Gasteiger partial charge in [0.15, 0.2) is 0 Å². The number of aryl methyl sites for hydroxylation is 1. The highest BCUT2D eigenvalue weighted by atomic mass is 15.2. The van der Waals surface area contributed by atoms with E-state index in [-0.39, 0.29) is 0 Å². The standard InChI is InChI=1S/C13H18N4/c1-10-5-6-11(8-14)13(16-10)17-7-3-2-4-12(17)9-15/h5-6,12H,2-4,7,9,15H2,1H3. The molecule has 2 rings (SSSR count). The summed E-state index contributed by atoms with van der Waals surface area (Å²) < 4.78 is 0. The van der Waals surface area contributed by atoms with Gasteiger partial charge in [0.2, 0.25) is 0 Å². The van der Waals surface area contributed by atoms with Gasteiger partial charge in [-0.2, -0.15) is 5.26 Å². The van der Waals surface area contributed by atoms with Gasteiger partial charge in [-0.1, -0.05) is 0 Å². The number of pyridine rings is 1. The average molecular weight is 230 g/mol. The zero-order valence-corrected chi connectivity index (χ0v) is 10.2. The third-order valence-corrected chi connectivity index (χ3v) is 3.31. The quantitative estimate of drug-likeness (QED) is 0.837. The zero-order chi connectivity index (χ0) is 12.3. The Balaban J connectivity index is 2.37. The lowest BCUT2D eigenvalue weighted by molar-refractivity contribution is 0.461. The number of aromatic nitrogens is 1. The molecule has 4 nitrogen and oxygen atoms in total. The molecule has 2 N–H and O–H groups in total. The number of piperidine rings is 1. The summed E-state index contributed by atoms with van der Waals surface area (Å²) in [5, 5.41) is 9.15. The van der Waals surface area contributed by atoms with Gasteiger partial charge in [-0.25, -0.2) is 4.98 Å². The summed E-state index contributed by atoms with van der Waals surface area (Å²) in [7, 11) is 0. The first-order valence-electron chi connectivity index (χ1n) is 6.10. The van der Waals surface area contributed by atoms with Crippen molar-refractivity contribution in [2.45, 2.75) is 32.2 Å². The van der Waals surface area contributed by atoms with Crippen LogP contribution in [0.15, 0.2) is 12.1 Å². The second kappa shape index (κ2) is 5.15. The van der Waals surface area contributed by atoms with E-state index in [1.54, 1.807) is 0 Å². The van der Waals surface area contributed by atoms with E-state index in [2.05, 4.69) is 16.0 Å². The molecular weight excluding hydrogens is 212 g/mol. The molecule has 0 aromatic carbocycles. The summed E-state index contributed by atoms with van der Waals surface area (Å²) in [5.74, 6) is 0.808. The molecule has 1 aromatic rings. The van der Waals surface area contributed by atoms with Gasteiger partial charge in [-0.3, -0.25) is 0 Å². The van der Waals surface area contributed by atoms with Crippen LogP contribution in [-0.4, -0.2) is 24.1 Å². The molecule has 17 heavy (non-hydrogen) atoms. The highest BCUT2D eigenvalue weighted by molar-refractivity contribution is 5.55. The Labute approximate surface area is 102 Å². The van der Waals surface area contributed by atoms with Crippen molar-refractivity contribution in [3.8, 4) is 6.07 Å². The Kier molecular flexibility index (Phi) is 3.60. The molecule has 4 heteroatoms. The van der Waals surface area contributed by atoms with Gasteiger partial charge in [-0.05, 0) is 38.3 Å². The predicted molar refractivity (Wildman–Crippen MR) is 67.7 cm³/mol. The topological polar surface area (TPSA) is 65.9 Å². The lowest BCUT2D eigenvalue weighted by atomic mass is 10.0. The van der Waals surface area contributed by atoms with Crippen molar-refractivity contribution in [2.24, 2.45) is 5.73 Å². The zero-order valence-electron chi connectivity index (χ0n) is 10.2. The molecule has 1 aromatic heterocycles. The molecule has 0 saturated carbocycles. The van der Waals surface area contributed by atoms with Crippen molar-refractivity contribution >= 4 is 5.82 Å². The molecule has 0 amide bonds. The van der Waals surface area contributed by atoms with Gasteiger partial charge in [0, 0.05) is 24.8 Å². The molecule has 0 aliphatic carbocycles. The van der Waals surface area contributed by atoms with Crippen LogP contribution < -0.4 is 10.6 Å². The fourth-order valence-electron chi connectivity index (χ4n) is 2.37. The SMILES string of the molecule is Cc1ccc(C#N)c(N2CCCCC2CN)n1. The normalized spacial score (nSPS) is 20.1. The van der Waals surface area contributed by atoms with E-state index in [0.29, 0.717) is 18.2 Å². The molecule has 1 aliphatic heterocycles. The summed E-state index contributed by atoms with van der Waals surface area (Å²) in [6.07, 6.45) is 3.46. The monoisotopic (exact) mass is 230 g/mol. The minimum Gasteiger partial charge on any atom is -0.351 e. The van der Waals surface area contributed by atoms with E-state index in [1.807, 2.05) is 19.1 Å². The average Bonchev–Trinajstić information content (AvgIpc) is 2.38. The lowest BCUT2D eigenvalue weighted by Gasteiger charge is -2.36. The first-order valence-corrected chi connectivity index (χ1v) is 6.10. The van der Waals surface area contributed by atoms with E-state index in [4.69, 9.17) is 11.0 Å². The summed E-state index contributed by atoms with van der Waals surface area (Å²) >= 11 is 0. The number of nitrogens with two attached hydrogens (primary N) is 1. The maximum Gasteiger partial charge on any atom is 0.147 e. The van der Waals surface area contributed by atoms with Crippen LogP contribution in [-0.2, 0) is 0 Å². The van der Waals surface area contributed by atoms with Crippen molar-refractivity contribution in [1.29, 1.82) is 5.26 Å². The number of hydrogen-bond donors (Lipinski definition) is 1. The number of nitrogens with zero attached hydrogens (tertiary/aromatic N) is 3. The lowest BCUT2D eigenvalue weighted by Crippen LogP contribution is -2.45. The van der Waals surface area contributed by atoms with E-state index in [9.17, 15) is 0 Å². The molecule has 1 unspecified atom stereocenters. The molecule has 0 radical (unpaired) electrons. The van der Waals surface area contributed by atoms with Crippen molar-refractivity contribution in [3.05, 3.63) is 23.4 Å². The summed E-state index contributed by atoms with van der Waals surface area (Å²) in [5.41, 5.74) is 7.40. The number of anilines is 1. The molecule has 0 bridgehead atoms. The summed E-state index contributed by atoms with van der Waals surface area (Å²) in [4.78, 5) is 6.72. The number of hydrogen-bond acceptors (Lipinski definition) is 4. The Morgan fingerprint density at radius 2 is 2.35 bits per heavy atom. The van der Waals surface area contributed by atoms with Crippen molar-refractivity contribution in [2.75, 3.05) is 18.0 Å². The Bertz CT molecular complexity index is 436. The molecule has 1 fully saturated rings. The van der Waals surface area contributed by atoms with Crippen molar-refractivity contribution < 1.29 is 0 Å². The number of rotatable bonds is 2. The van der Waals surface area contributed by atoms with E-state index >= 15 is 0 Å². The van der Waals surface area contributed by atoms with Crippen LogP contribution in [0.1, 0.15) is 30.5 Å². The second-order valence-corrected chi connectivity index (χ2v) is 4.51. The van der Waals surface area contributed by atoms with Crippen molar-refractivity contribution in [1.82, 2.24) is 4.98 Å². The smallest absolute Gasteiger partial charge is 0.147 e. The fraction of sp³-hybridized carbons (Fsp3) is 0.538. The van der Waals surface area contributed by atoms with E-state index < -0.39 is 0 Å². The Morgan fingerprint density at radius 1 is 1.53 bits per heavy atom. The number of nitriles is 1. The largest absolute Gasteiger partial charge is 0.351 e. The minimum absolute atomic E-state index is 0.324. The van der Waals surface area contributed by atoms with Crippen LogP contribution >= 0.6 is 0 Å². The first kappa shape index (κ1) is 11.9. The predicted octanol–water partition coefficient (Wildman–Crippen LogP) is 1.58. The van der Waals surface area contributed by atoms with E-state index in [0.717, 1.165) is 30.9 Å². The first-order chi connectivity index (χ1) is 8.26. The van der Waals surface area contributed by atoms with E-state index in [1.165, 1.54) is 6.42 Å². The third kappa shape index (κ3) is 2.40. The van der Waals surface area contributed by atoms with Crippen LogP contribution in [0.2, 0.25) is 0 Å². The minimum atomic E-state index is 0.324. The van der Waals surface area contributed by atoms with Gasteiger partial charge in [0.25, 0.3) is 0 Å². The van der Waals surface area contributed by atoms with Gasteiger partial charge in [-0.15, -0.1) is 0 Å². The van der Waals surface area contributed by atoms with Crippen LogP contribution in [0.5, 0.6) is 0 Å². The van der Waals surface area contributed by atoms with Crippen LogP contribution in [0.3, 0.4) is 0 Å². The summed E-state index contributed by atoms with van der Waals surface area (Å²) in [6.45, 7) is 3.53. The van der Waals surface area contributed by atoms with Gasteiger partial charge in [0.1, 0.15) is 11.9 Å². The Morgan fingerprint density at radius 3 is 3.06 bits per heavy atom. The van der Waals surface area contributed by atoms with Crippen LogP contribution in [0, 0.1) is 18.3 Å². The maximum atomic E-state index is 9.15. The van der Waals surface area contributed by atoms with Crippen molar-refractivity contribution in [3.63, 3.8) is 0 Å².